The van der Waals surface area contributed by atoms with E-state index >= 15 is 0 Å². The van der Waals surface area contributed by atoms with Crippen LogP contribution in [-0.2, 0) is 11.3 Å². The fourth-order valence-electron chi connectivity index (χ4n) is 3.18. The third-order valence-corrected chi connectivity index (χ3v) is 5.64. The maximum absolute atomic E-state index is 13.2. The molecule has 0 aliphatic rings. The van der Waals surface area contributed by atoms with E-state index < -0.39 is 11.2 Å². The highest BCUT2D eigenvalue weighted by molar-refractivity contribution is 8.00. The number of hydrogen-bond acceptors (Lipinski definition) is 8. The first-order chi connectivity index (χ1) is 15.1. The molecule has 2 aromatic heterocycles. The molecule has 2 heterocycles. The number of hydrogen-bond donors (Lipinski definition) is 2. The number of H-pyrrole nitrogens is 1. The molecule has 10 nitrogen and oxygen atoms in total. The third kappa shape index (κ3) is 5.76. The summed E-state index contributed by atoms with van der Waals surface area (Å²) in [6, 6.07) is 2.08. The third-order valence-electron chi connectivity index (χ3n) is 4.68. The van der Waals surface area contributed by atoms with Gasteiger partial charge in [0, 0.05) is 13.1 Å². The summed E-state index contributed by atoms with van der Waals surface area (Å²) >= 11 is 1.11. The van der Waals surface area contributed by atoms with Crippen molar-refractivity contribution < 1.29 is 4.79 Å². The van der Waals surface area contributed by atoms with Crippen molar-refractivity contribution in [1.29, 1.82) is 5.26 Å². The molecule has 0 unspecified atom stereocenters. The first-order valence-electron chi connectivity index (χ1n) is 10.4. The number of nitrogens with two attached hydrogens (primary N) is 1. The van der Waals surface area contributed by atoms with Gasteiger partial charge in [-0.25, -0.2) is 14.8 Å². The van der Waals surface area contributed by atoms with Crippen molar-refractivity contribution in [1.82, 2.24) is 19.5 Å². The maximum Gasteiger partial charge on any atom is 0.330 e. The highest BCUT2D eigenvalue weighted by Crippen LogP contribution is 2.25. The largest absolute Gasteiger partial charge is 0.383 e. The number of thioether (sulfide) groups is 1. The molecule has 0 fully saturated rings. The van der Waals surface area contributed by atoms with E-state index in [4.69, 9.17) is 5.73 Å². The van der Waals surface area contributed by atoms with Gasteiger partial charge in [-0.15, -0.1) is 0 Å². The van der Waals surface area contributed by atoms with Crippen molar-refractivity contribution in [3.05, 3.63) is 37.9 Å². The second kappa shape index (κ2) is 10.9. The van der Waals surface area contributed by atoms with Crippen LogP contribution in [0.5, 0.6) is 0 Å². The standard InChI is InChI=1S/C21H29N7O3S/c1-6-7-8-27(17-18(23)28(10-12(2)3)21(31)26-19(17)30)16(29)11-32-20-15(9-22)13(4)24-14(5)25-20/h12H,6-8,10-11,23H2,1-5H3,(H,26,30,31). The molecule has 0 atom stereocenters. The SMILES string of the molecule is CCCCN(C(=O)CSc1nc(C)nc(C)c1C#N)c1c(N)n(CC(C)C)c(=O)[nH]c1=O. The number of unbranched alkanes of at least 4 members (excludes halogenated alkanes) is 1. The van der Waals surface area contributed by atoms with Crippen LogP contribution in [0.4, 0.5) is 11.5 Å². The highest BCUT2D eigenvalue weighted by Gasteiger charge is 2.25. The van der Waals surface area contributed by atoms with E-state index in [2.05, 4.69) is 21.0 Å². The second-order valence-corrected chi connectivity index (χ2v) is 8.80. The molecular weight excluding hydrogens is 430 g/mol. The van der Waals surface area contributed by atoms with Crippen LogP contribution in [0.2, 0.25) is 0 Å². The van der Waals surface area contributed by atoms with Gasteiger partial charge in [-0.2, -0.15) is 5.26 Å². The number of aryl methyl sites for hydroxylation is 2. The van der Waals surface area contributed by atoms with Crippen molar-refractivity contribution in [2.24, 2.45) is 5.92 Å². The Labute approximate surface area is 190 Å². The van der Waals surface area contributed by atoms with Crippen LogP contribution in [-0.4, -0.2) is 37.7 Å². The number of carbonyl (C=O) groups excluding carboxylic acids is 1. The van der Waals surface area contributed by atoms with Crippen LogP contribution in [0.1, 0.15) is 50.7 Å². The number of nitrogen functional groups attached to an aromatic ring is 1. The van der Waals surface area contributed by atoms with Gasteiger partial charge in [0.2, 0.25) is 5.91 Å². The Hall–Kier alpha value is -3.13. The number of nitrogens with one attached hydrogen (secondary N) is 1. The predicted octanol–water partition coefficient (Wildman–Crippen LogP) is 1.98. The molecule has 0 aromatic carbocycles. The summed E-state index contributed by atoms with van der Waals surface area (Å²) in [4.78, 5) is 50.2. The topological polar surface area (TPSA) is 151 Å². The highest BCUT2D eigenvalue weighted by atomic mass is 32.2. The zero-order valence-corrected chi connectivity index (χ0v) is 19.9. The molecule has 172 valence electrons. The number of aromatic amines is 1. The average Bonchev–Trinajstić information content (AvgIpc) is 2.71. The van der Waals surface area contributed by atoms with Gasteiger partial charge in [-0.1, -0.05) is 39.0 Å². The summed E-state index contributed by atoms with van der Waals surface area (Å²) < 4.78 is 1.28. The van der Waals surface area contributed by atoms with E-state index in [1.165, 1.54) is 9.47 Å². The summed E-state index contributed by atoms with van der Waals surface area (Å²) in [5, 5.41) is 9.84. The minimum atomic E-state index is -0.701. The smallest absolute Gasteiger partial charge is 0.330 e. The number of rotatable bonds is 9. The average molecular weight is 460 g/mol. The fourth-order valence-corrected chi connectivity index (χ4v) is 4.13. The Balaban J connectivity index is 2.43. The van der Waals surface area contributed by atoms with Crippen LogP contribution in [0.15, 0.2) is 14.6 Å². The lowest BCUT2D eigenvalue weighted by atomic mass is 10.2. The van der Waals surface area contributed by atoms with Gasteiger partial charge in [0.25, 0.3) is 5.56 Å². The van der Waals surface area contributed by atoms with Crippen LogP contribution >= 0.6 is 11.8 Å². The zero-order valence-electron chi connectivity index (χ0n) is 19.1. The molecule has 1 amide bonds. The monoisotopic (exact) mass is 459 g/mol. The second-order valence-electron chi connectivity index (χ2n) is 7.83. The molecule has 32 heavy (non-hydrogen) atoms. The summed E-state index contributed by atoms with van der Waals surface area (Å²) in [5.41, 5.74) is 5.74. The first-order valence-corrected chi connectivity index (χ1v) is 11.4. The van der Waals surface area contributed by atoms with E-state index in [9.17, 15) is 19.6 Å². The quantitative estimate of drug-likeness (QED) is 0.427. The van der Waals surface area contributed by atoms with Crippen molar-refractivity contribution in [2.45, 2.75) is 59.0 Å². The molecule has 0 saturated carbocycles. The Morgan fingerprint density at radius 3 is 2.59 bits per heavy atom. The lowest BCUT2D eigenvalue weighted by Crippen LogP contribution is -2.42. The van der Waals surface area contributed by atoms with Crippen LogP contribution in [0.3, 0.4) is 0 Å². The molecule has 11 heteroatoms. The summed E-state index contributed by atoms with van der Waals surface area (Å²) in [5.74, 6) is 0.149. The van der Waals surface area contributed by atoms with Gasteiger partial charge in [0.1, 0.15) is 28.3 Å². The molecular formula is C21H29N7O3S. The van der Waals surface area contributed by atoms with Crippen molar-refractivity contribution >= 4 is 29.2 Å². The minimum Gasteiger partial charge on any atom is -0.383 e. The van der Waals surface area contributed by atoms with Gasteiger partial charge < -0.3 is 10.6 Å². The Bertz CT molecular complexity index is 1150. The van der Waals surface area contributed by atoms with Gasteiger partial charge in [0.05, 0.1) is 11.4 Å². The molecule has 2 aromatic rings. The molecule has 0 aliphatic heterocycles. The lowest BCUT2D eigenvalue weighted by molar-refractivity contribution is -0.116. The minimum absolute atomic E-state index is 0.0279. The summed E-state index contributed by atoms with van der Waals surface area (Å²) in [6.45, 7) is 9.82. The zero-order chi connectivity index (χ0) is 24.0. The van der Waals surface area contributed by atoms with E-state index in [0.29, 0.717) is 35.1 Å². The normalized spacial score (nSPS) is 10.9. The van der Waals surface area contributed by atoms with Crippen LogP contribution in [0.25, 0.3) is 0 Å². The number of nitrogens with zero attached hydrogens (tertiary/aromatic N) is 5. The predicted molar refractivity (Wildman–Crippen MR) is 125 cm³/mol. The van der Waals surface area contributed by atoms with E-state index in [0.717, 1.165) is 18.2 Å². The molecule has 0 spiro atoms. The molecule has 0 saturated heterocycles. The number of amides is 1. The van der Waals surface area contributed by atoms with Crippen molar-refractivity contribution in [2.75, 3.05) is 22.9 Å². The molecule has 0 aliphatic carbocycles. The number of nitriles is 1. The fraction of sp³-hybridized carbons (Fsp3) is 0.524. The Kier molecular flexibility index (Phi) is 8.60. The number of aromatic nitrogens is 4. The first kappa shape index (κ1) is 25.1. The van der Waals surface area contributed by atoms with E-state index in [1.807, 2.05) is 20.8 Å². The number of carbonyl (C=O) groups is 1. The molecule has 3 N–H and O–H groups in total. The van der Waals surface area contributed by atoms with Crippen molar-refractivity contribution in [3.8, 4) is 6.07 Å². The van der Waals surface area contributed by atoms with E-state index in [-0.39, 0.29) is 35.6 Å². The molecule has 0 bridgehead atoms. The van der Waals surface area contributed by atoms with Gasteiger partial charge in [-0.05, 0) is 26.2 Å². The maximum atomic E-state index is 13.2. The Morgan fingerprint density at radius 1 is 1.31 bits per heavy atom. The van der Waals surface area contributed by atoms with Crippen LogP contribution in [0, 0.1) is 31.1 Å². The van der Waals surface area contributed by atoms with Gasteiger partial charge in [0.15, 0.2) is 5.69 Å². The molecule has 2 rings (SSSR count). The van der Waals surface area contributed by atoms with E-state index in [1.54, 1.807) is 13.8 Å². The van der Waals surface area contributed by atoms with Gasteiger partial charge >= 0.3 is 5.69 Å². The summed E-state index contributed by atoms with van der Waals surface area (Å²) in [6.07, 6.45) is 1.44. The Morgan fingerprint density at radius 2 is 2.00 bits per heavy atom. The van der Waals surface area contributed by atoms with Crippen LogP contribution < -0.4 is 21.9 Å². The summed E-state index contributed by atoms with van der Waals surface area (Å²) in [7, 11) is 0. The lowest BCUT2D eigenvalue weighted by Gasteiger charge is -2.24. The van der Waals surface area contributed by atoms with Gasteiger partial charge in [-0.3, -0.25) is 19.1 Å². The van der Waals surface area contributed by atoms with Crippen molar-refractivity contribution in [3.63, 3.8) is 0 Å². The molecule has 0 radical (unpaired) electrons. The number of anilines is 2.